The van der Waals surface area contributed by atoms with Crippen LogP contribution in [0, 0.1) is 5.92 Å². The number of ether oxygens (including phenoxy) is 1. The fourth-order valence-corrected chi connectivity index (χ4v) is 2.59. The van der Waals surface area contributed by atoms with E-state index in [-0.39, 0.29) is 5.60 Å². The zero-order chi connectivity index (χ0) is 9.60. The smallest absolute Gasteiger partial charge is 0.136 e. The van der Waals surface area contributed by atoms with E-state index in [1.54, 1.807) is 0 Å². The van der Waals surface area contributed by atoms with Gasteiger partial charge in [0.2, 0.25) is 0 Å². The van der Waals surface area contributed by atoms with Crippen LogP contribution in [0.5, 0.6) is 0 Å². The van der Waals surface area contributed by atoms with Gasteiger partial charge in [0.1, 0.15) is 5.60 Å². The van der Waals surface area contributed by atoms with Gasteiger partial charge in [-0.15, -0.1) is 0 Å². The molecule has 0 amide bonds. The van der Waals surface area contributed by atoms with Crippen molar-refractivity contribution in [3.8, 4) is 0 Å². The van der Waals surface area contributed by atoms with Crippen LogP contribution in [0.3, 0.4) is 0 Å². The summed E-state index contributed by atoms with van der Waals surface area (Å²) in [6, 6.07) is 6.10. The molecule has 0 N–H and O–H groups in total. The SMILES string of the molecule is C[C@@H]1CC[C@@]2(c3ccccn3)O[C@@H]2C1. The lowest BCUT2D eigenvalue weighted by Gasteiger charge is -2.20. The molecule has 0 spiro atoms. The molecule has 1 saturated carbocycles. The van der Waals surface area contributed by atoms with Gasteiger partial charge in [-0.05, 0) is 37.3 Å². The molecule has 14 heavy (non-hydrogen) atoms. The molecule has 1 saturated heterocycles. The minimum atomic E-state index is 0.00771. The van der Waals surface area contributed by atoms with Gasteiger partial charge in [0.05, 0.1) is 11.8 Å². The molecule has 1 aromatic heterocycles. The maximum Gasteiger partial charge on any atom is 0.136 e. The zero-order valence-corrected chi connectivity index (χ0v) is 8.44. The van der Waals surface area contributed by atoms with E-state index >= 15 is 0 Å². The van der Waals surface area contributed by atoms with Gasteiger partial charge < -0.3 is 4.74 Å². The number of hydrogen-bond acceptors (Lipinski definition) is 2. The Bertz CT molecular complexity index is 337. The van der Waals surface area contributed by atoms with Gasteiger partial charge in [-0.2, -0.15) is 0 Å². The van der Waals surface area contributed by atoms with Crippen LogP contribution in [0.4, 0.5) is 0 Å². The van der Waals surface area contributed by atoms with Crippen molar-refractivity contribution in [3.05, 3.63) is 30.1 Å². The lowest BCUT2D eigenvalue weighted by atomic mass is 9.81. The molecule has 3 rings (SSSR count). The molecule has 1 aliphatic heterocycles. The van der Waals surface area contributed by atoms with Crippen LogP contribution in [-0.4, -0.2) is 11.1 Å². The van der Waals surface area contributed by atoms with E-state index in [9.17, 15) is 0 Å². The summed E-state index contributed by atoms with van der Waals surface area (Å²) in [5, 5.41) is 0. The second-order valence-corrected chi connectivity index (χ2v) is 4.59. The van der Waals surface area contributed by atoms with E-state index in [2.05, 4.69) is 18.0 Å². The van der Waals surface area contributed by atoms with Crippen LogP contribution in [0.2, 0.25) is 0 Å². The molecule has 2 nitrogen and oxygen atoms in total. The predicted octanol–water partition coefficient (Wildman–Crippen LogP) is 2.50. The maximum absolute atomic E-state index is 5.86. The standard InChI is InChI=1S/C12H15NO/c1-9-5-6-12(11(8-9)14-12)10-4-2-3-7-13-10/h2-4,7,9,11H,5-6,8H2,1H3/t9-,11-,12+/m1/s1. The average molecular weight is 189 g/mol. The van der Waals surface area contributed by atoms with Gasteiger partial charge in [0.15, 0.2) is 0 Å². The van der Waals surface area contributed by atoms with Gasteiger partial charge >= 0.3 is 0 Å². The highest BCUT2D eigenvalue weighted by Gasteiger charge is 2.60. The summed E-state index contributed by atoms with van der Waals surface area (Å²) in [6.45, 7) is 2.31. The number of aromatic nitrogens is 1. The Morgan fingerprint density at radius 2 is 2.43 bits per heavy atom. The highest BCUT2D eigenvalue weighted by molar-refractivity contribution is 5.23. The molecule has 1 aromatic rings. The van der Waals surface area contributed by atoms with E-state index in [0.29, 0.717) is 6.10 Å². The van der Waals surface area contributed by atoms with Crippen molar-refractivity contribution in [1.82, 2.24) is 4.98 Å². The van der Waals surface area contributed by atoms with Crippen molar-refractivity contribution in [1.29, 1.82) is 0 Å². The fraction of sp³-hybridized carbons (Fsp3) is 0.583. The summed E-state index contributed by atoms with van der Waals surface area (Å²) in [7, 11) is 0. The first-order chi connectivity index (χ1) is 6.81. The Labute approximate surface area is 84.3 Å². The molecule has 2 heterocycles. The van der Waals surface area contributed by atoms with E-state index in [4.69, 9.17) is 4.74 Å². The van der Waals surface area contributed by atoms with Gasteiger partial charge in [0.25, 0.3) is 0 Å². The van der Waals surface area contributed by atoms with Crippen LogP contribution in [0.25, 0.3) is 0 Å². The Kier molecular flexibility index (Phi) is 1.68. The third-order valence-electron chi connectivity index (χ3n) is 3.54. The quantitative estimate of drug-likeness (QED) is 0.634. The molecular formula is C12H15NO. The molecule has 74 valence electrons. The van der Waals surface area contributed by atoms with E-state index in [0.717, 1.165) is 18.0 Å². The number of epoxide rings is 1. The molecule has 0 bridgehead atoms. The number of rotatable bonds is 1. The second kappa shape index (κ2) is 2.80. The van der Waals surface area contributed by atoms with Crippen LogP contribution in [-0.2, 0) is 10.3 Å². The predicted molar refractivity (Wildman–Crippen MR) is 53.8 cm³/mol. The molecule has 2 aliphatic rings. The first kappa shape index (κ1) is 8.42. The highest BCUT2D eigenvalue weighted by Crippen LogP contribution is 2.55. The monoisotopic (exact) mass is 189 g/mol. The first-order valence-electron chi connectivity index (χ1n) is 5.40. The minimum Gasteiger partial charge on any atom is -0.359 e. The molecule has 3 atom stereocenters. The van der Waals surface area contributed by atoms with Crippen molar-refractivity contribution in [2.45, 2.75) is 37.9 Å². The second-order valence-electron chi connectivity index (χ2n) is 4.59. The Balaban J connectivity index is 1.88. The van der Waals surface area contributed by atoms with Gasteiger partial charge in [-0.3, -0.25) is 4.98 Å². The average Bonchev–Trinajstić information content (AvgIpc) is 2.94. The fourth-order valence-electron chi connectivity index (χ4n) is 2.59. The highest BCUT2D eigenvalue weighted by atomic mass is 16.6. The molecule has 2 heteroatoms. The third-order valence-corrected chi connectivity index (χ3v) is 3.54. The Hall–Kier alpha value is -0.890. The molecule has 0 radical (unpaired) electrons. The number of pyridine rings is 1. The van der Waals surface area contributed by atoms with Gasteiger partial charge in [-0.25, -0.2) is 0 Å². The summed E-state index contributed by atoms with van der Waals surface area (Å²) in [5.41, 5.74) is 1.14. The lowest BCUT2D eigenvalue weighted by Crippen LogP contribution is -2.22. The number of hydrogen-bond donors (Lipinski definition) is 0. The van der Waals surface area contributed by atoms with Crippen molar-refractivity contribution in [3.63, 3.8) is 0 Å². The summed E-state index contributed by atoms with van der Waals surface area (Å²) < 4.78 is 5.86. The maximum atomic E-state index is 5.86. The molecule has 2 fully saturated rings. The van der Waals surface area contributed by atoms with E-state index < -0.39 is 0 Å². The normalized spacial score (nSPS) is 40.4. The Morgan fingerprint density at radius 3 is 3.14 bits per heavy atom. The van der Waals surface area contributed by atoms with Crippen LogP contribution in [0.15, 0.2) is 24.4 Å². The topological polar surface area (TPSA) is 25.4 Å². The minimum absolute atomic E-state index is 0.00771. The molecule has 1 aliphatic carbocycles. The Morgan fingerprint density at radius 1 is 1.50 bits per heavy atom. The first-order valence-corrected chi connectivity index (χ1v) is 5.40. The van der Waals surface area contributed by atoms with E-state index in [1.807, 2.05) is 18.3 Å². The van der Waals surface area contributed by atoms with Crippen molar-refractivity contribution in [2.75, 3.05) is 0 Å². The summed E-state index contributed by atoms with van der Waals surface area (Å²) in [6.07, 6.45) is 5.93. The van der Waals surface area contributed by atoms with Crippen LogP contribution in [0.1, 0.15) is 31.9 Å². The number of nitrogens with zero attached hydrogens (tertiary/aromatic N) is 1. The summed E-state index contributed by atoms with van der Waals surface area (Å²) in [4.78, 5) is 4.42. The van der Waals surface area contributed by atoms with Crippen LogP contribution >= 0.6 is 0 Å². The summed E-state index contributed by atoms with van der Waals surface area (Å²) >= 11 is 0. The van der Waals surface area contributed by atoms with Crippen molar-refractivity contribution >= 4 is 0 Å². The molecule has 0 unspecified atom stereocenters. The third kappa shape index (κ3) is 1.10. The number of fused-ring (bicyclic) bond motifs is 1. The van der Waals surface area contributed by atoms with Crippen molar-refractivity contribution in [2.24, 2.45) is 5.92 Å². The van der Waals surface area contributed by atoms with E-state index in [1.165, 1.54) is 12.8 Å². The largest absolute Gasteiger partial charge is 0.359 e. The van der Waals surface area contributed by atoms with Gasteiger partial charge in [0, 0.05) is 6.20 Å². The van der Waals surface area contributed by atoms with Crippen LogP contribution < -0.4 is 0 Å². The zero-order valence-electron chi connectivity index (χ0n) is 8.44. The summed E-state index contributed by atoms with van der Waals surface area (Å²) in [5.74, 6) is 0.819. The lowest BCUT2D eigenvalue weighted by molar-refractivity contribution is 0.280. The molecule has 0 aromatic carbocycles. The van der Waals surface area contributed by atoms with Gasteiger partial charge in [-0.1, -0.05) is 13.0 Å². The molecular weight excluding hydrogens is 174 g/mol. The van der Waals surface area contributed by atoms with Crippen molar-refractivity contribution < 1.29 is 4.74 Å².